The highest BCUT2D eigenvalue weighted by molar-refractivity contribution is 9.10. The molecule has 10 nitrogen and oxygen atoms in total. The largest absolute Gasteiger partial charge is 0.396 e. The zero-order valence-corrected chi connectivity index (χ0v) is 21.2. The first-order valence-corrected chi connectivity index (χ1v) is 12.0. The van der Waals surface area contributed by atoms with Gasteiger partial charge >= 0.3 is 0 Å². The Balaban J connectivity index is 1.63. The Morgan fingerprint density at radius 1 is 1.23 bits per heavy atom. The molecular weight excluding hydrogens is 541 g/mol. The fourth-order valence-electron chi connectivity index (χ4n) is 2.88. The molecule has 0 unspecified atom stereocenters. The van der Waals surface area contributed by atoms with Crippen molar-refractivity contribution < 1.29 is 18.6 Å². The van der Waals surface area contributed by atoms with Crippen LogP contribution < -0.4 is 26.2 Å². The summed E-state index contributed by atoms with van der Waals surface area (Å²) in [6.07, 6.45) is 3.08. The number of hydrogen-bond acceptors (Lipinski definition) is 10. The smallest absolute Gasteiger partial charge is 0.253 e. The lowest BCUT2D eigenvalue weighted by atomic mass is 10.1. The fourth-order valence-corrected chi connectivity index (χ4v) is 3.63. The van der Waals surface area contributed by atoms with Crippen LogP contribution in [0.3, 0.4) is 0 Å². The van der Waals surface area contributed by atoms with E-state index in [1.807, 2.05) is 35.6 Å². The van der Waals surface area contributed by atoms with E-state index >= 15 is 0 Å². The van der Waals surface area contributed by atoms with Crippen molar-refractivity contribution in [2.24, 2.45) is 5.73 Å². The SMILES string of the molecule is CN(SONCCCCO)c1ccc(Nc2ncc(Br)c(Nc3cccc(F)c3C(N)=O)n2)cc1. The van der Waals surface area contributed by atoms with Crippen molar-refractivity contribution in [1.82, 2.24) is 15.4 Å². The van der Waals surface area contributed by atoms with E-state index in [0.717, 1.165) is 42.5 Å². The number of aliphatic hydroxyl groups is 1. The minimum atomic E-state index is -0.889. The van der Waals surface area contributed by atoms with Crippen LogP contribution in [0.2, 0.25) is 0 Å². The number of nitrogens with two attached hydrogens (primary N) is 1. The third kappa shape index (κ3) is 7.77. The van der Waals surface area contributed by atoms with Gasteiger partial charge in [0.15, 0.2) is 0 Å². The van der Waals surface area contributed by atoms with Gasteiger partial charge in [0.05, 0.1) is 15.7 Å². The summed E-state index contributed by atoms with van der Waals surface area (Å²) in [6, 6.07) is 11.7. The van der Waals surface area contributed by atoms with E-state index in [-0.39, 0.29) is 17.9 Å². The number of hydroxylamine groups is 1. The molecule has 3 aromatic rings. The van der Waals surface area contributed by atoms with Crippen molar-refractivity contribution in [3.63, 3.8) is 0 Å². The maximum absolute atomic E-state index is 14.1. The van der Waals surface area contributed by atoms with Crippen molar-refractivity contribution in [3.05, 3.63) is 64.5 Å². The number of halogens is 2. The monoisotopic (exact) mass is 565 g/mol. The van der Waals surface area contributed by atoms with Crippen LogP contribution >= 0.6 is 28.2 Å². The Hall–Kier alpha value is -2.97. The predicted octanol–water partition coefficient (Wildman–Crippen LogP) is 4.26. The van der Waals surface area contributed by atoms with Gasteiger partial charge in [-0.25, -0.2) is 13.7 Å². The lowest BCUT2D eigenvalue weighted by molar-refractivity contribution is 0.0997. The van der Waals surface area contributed by atoms with Crippen molar-refractivity contribution in [1.29, 1.82) is 0 Å². The average Bonchev–Trinajstić information content (AvgIpc) is 2.83. The molecule has 0 fully saturated rings. The third-order valence-electron chi connectivity index (χ3n) is 4.64. The summed E-state index contributed by atoms with van der Waals surface area (Å²) in [6.45, 7) is 0.818. The van der Waals surface area contributed by atoms with Crippen LogP contribution in [0.1, 0.15) is 23.2 Å². The van der Waals surface area contributed by atoms with Gasteiger partial charge in [-0.2, -0.15) is 10.5 Å². The molecule has 1 amide bonds. The molecule has 186 valence electrons. The second-order valence-electron chi connectivity index (χ2n) is 7.19. The molecule has 0 saturated heterocycles. The van der Waals surface area contributed by atoms with Gasteiger partial charge in [-0.15, -0.1) is 0 Å². The number of benzene rings is 2. The van der Waals surface area contributed by atoms with E-state index in [1.54, 1.807) is 0 Å². The zero-order chi connectivity index (χ0) is 25.2. The van der Waals surface area contributed by atoms with Gasteiger partial charge < -0.3 is 21.5 Å². The first-order chi connectivity index (χ1) is 16.9. The van der Waals surface area contributed by atoms with E-state index in [4.69, 9.17) is 15.1 Å². The summed E-state index contributed by atoms with van der Waals surface area (Å²) in [4.78, 5) is 20.3. The Morgan fingerprint density at radius 3 is 2.71 bits per heavy atom. The summed E-state index contributed by atoms with van der Waals surface area (Å²) in [5.74, 6) is -0.997. The number of hydrogen-bond donors (Lipinski definition) is 5. The average molecular weight is 566 g/mol. The topological polar surface area (TPSA) is 138 Å². The van der Waals surface area contributed by atoms with Crippen molar-refractivity contribution in [2.45, 2.75) is 12.8 Å². The van der Waals surface area contributed by atoms with Crippen LogP contribution in [0.4, 0.5) is 33.2 Å². The van der Waals surface area contributed by atoms with Crippen molar-refractivity contribution in [2.75, 3.05) is 35.1 Å². The maximum atomic E-state index is 14.1. The van der Waals surface area contributed by atoms with Gasteiger partial charge in [-0.3, -0.25) is 9.10 Å². The standard InChI is InChI=1S/C22H25BrFN7O3S/c1-31(35-34-27-11-2-3-12-32)15-9-7-14(8-10-15)28-22-26-13-16(23)21(30-22)29-18-6-4-5-17(24)19(18)20(25)33/h4-10,13,27,32H,2-3,11-12H2,1H3,(H2,25,33)(H2,26,28,29,30). The number of anilines is 5. The molecule has 0 bridgehead atoms. The number of nitrogens with one attached hydrogen (secondary N) is 3. The summed E-state index contributed by atoms with van der Waals surface area (Å²) >= 11 is 4.50. The number of amides is 1. The van der Waals surface area contributed by atoms with Crippen LogP contribution in [-0.4, -0.2) is 41.2 Å². The number of aromatic nitrogens is 2. The highest BCUT2D eigenvalue weighted by Gasteiger charge is 2.16. The second kappa shape index (κ2) is 13.2. The highest BCUT2D eigenvalue weighted by Crippen LogP contribution is 2.29. The molecule has 1 aromatic heterocycles. The summed E-state index contributed by atoms with van der Waals surface area (Å²) in [5, 5.41) is 14.8. The Morgan fingerprint density at radius 2 is 2.00 bits per heavy atom. The van der Waals surface area contributed by atoms with Gasteiger partial charge in [0.1, 0.15) is 23.9 Å². The molecule has 2 aromatic carbocycles. The van der Waals surface area contributed by atoms with Crippen molar-refractivity contribution >= 4 is 62.9 Å². The van der Waals surface area contributed by atoms with Gasteiger partial charge in [0, 0.05) is 37.8 Å². The van der Waals surface area contributed by atoms with E-state index in [0.29, 0.717) is 22.8 Å². The number of carbonyl (C=O) groups excluding carboxylic acids is 1. The van der Waals surface area contributed by atoms with Gasteiger partial charge in [0.25, 0.3) is 5.91 Å². The quantitative estimate of drug-likeness (QED) is 0.0884. The molecule has 0 atom stereocenters. The molecule has 35 heavy (non-hydrogen) atoms. The molecule has 6 N–H and O–H groups in total. The zero-order valence-electron chi connectivity index (χ0n) is 18.8. The third-order valence-corrected chi connectivity index (χ3v) is 5.85. The lowest BCUT2D eigenvalue weighted by Gasteiger charge is -2.17. The van der Waals surface area contributed by atoms with Gasteiger partial charge in [-0.05, 0) is 65.2 Å². The second-order valence-corrected chi connectivity index (χ2v) is 8.91. The molecule has 0 radical (unpaired) electrons. The molecule has 0 aliphatic rings. The van der Waals surface area contributed by atoms with E-state index in [2.05, 4.69) is 42.0 Å². The molecule has 13 heteroatoms. The predicted molar refractivity (Wildman–Crippen MR) is 139 cm³/mol. The van der Waals surface area contributed by atoms with Crippen LogP contribution in [0.15, 0.2) is 53.1 Å². The van der Waals surface area contributed by atoms with Crippen LogP contribution in [0.5, 0.6) is 0 Å². The Labute approximate surface area is 214 Å². The first kappa shape index (κ1) is 26.6. The number of nitrogens with zero attached hydrogens (tertiary/aromatic N) is 3. The first-order valence-electron chi connectivity index (χ1n) is 10.5. The molecule has 0 spiro atoms. The van der Waals surface area contributed by atoms with Gasteiger partial charge in [-0.1, -0.05) is 6.07 Å². The molecule has 0 saturated carbocycles. The minimum absolute atomic E-state index is 0.168. The number of rotatable bonds is 13. The Bertz CT molecular complexity index is 1140. The summed E-state index contributed by atoms with van der Waals surface area (Å²) in [7, 11) is 1.87. The van der Waals surface area contributed by atoms with Crippen LogP contribution in [0, 0.1) is 5.82 Å². The highest BCUT2D eigenvalue weighted by atomic mass is 79.9. The van der Waals surface area contributed by atoms with E-state index < -0.39 is 11.7 Å². The fraction of sp³-hybridized carbons (Fsp3) is 0.227. The number of primary amides is 1. The normalized spacial score (nSPS) is 10.7. The number of aliphatic hydroxyl groups excluding tert-OH is 1. The van der Waals surface area contributed by atoms with E-state index in [9.17, 15) is 9.18 Å². The molecule has 1 heterocycles. The Kier molecular flexibility index (Phi) is 10.0. The van der Waals surface area contributed by atoms with Gasteiger partial charge in [0.2, 0.25) is 5.95 Å². The maximum Gasteiger partial charge on any atom is 0.253 e. The van der Waals surface area contributed by atoms with Crippen LogP contribution in [-0.2, 0) is 4.28 Å². The van der Waals surface area contributed by atoms with E-state index in [1.165, 1.54) is 18.3 Å². The van der Waals surface area contributed by atoms with Crippen molar-refractivity contribution in [3.8, 4) is 0 Å². The molecule has 0 aliphatic carbocycles. The summed E-state index contributed by atoms with van der Waals surface area (Å²) in [5.41, 5.74) is 9.74. The van der Waals surface area contributed by atoms with Crippen LogP contribution in [0.25, 0.3) is 0 Å². The lowest BCUT2D eigenvalue weighted by Crippen LogP contribution is -2.17. The molecule has 3 rings (SSSR count). The minimum Gasteiger partial charge on any atom is -0.396 e. The molecule has 0 aliphatic heterocycles. The number of unbranched alkanes of at least 4 members (excludes halogenated alkanes) is 1. The summed E-state index contributed by atoms with van der Waals surface area (Å²) < 4.78 is 21.8. The molecular formula is C22H25BrFN7O3S. The number of carbonyl (C=O) groups is 1.